The van der Waals surface area contributed by atoms with Crippen molar-refractivity contribution < 1.29 is 29.4 Å². The number of carboxylic acids is 1. The summed E-state index contributed by atoms with van der Waals surface area (Å²) < 4.78 is 0. The van der Waals surface area contributed by atoms with E-state index in [0.717, 1.165) is 0 Å². The number of hydrogen-bond donors (Lipinski definition) is 7. The predicted molar refractivity (Wildman–Crippen MR) is 92.9 cm³/mol. The zero-order chi connectivity index (χ0) is 19.6. The average molecular weight is 378 g/mol. The summed E-state index contributed by atoms with van der Waals surface area (Å²) in [7, 11) is 0. The standard InChI is InChI=1S/C14H26N4O6S/c1-7(2)3-9(13(23)16-4-11(20)21)17-14(24)10(5-19)18-12(22)8(15)6-25/h7-10,19,25H,3-6,15H2,1-2H3,(H,16,23)(H,17,24)(H,18,22)(H,20,21). The van der Waals surface area contributed by atoms with Crippen LogP contribution in [-0.4, -0.2) is 70.9 Å². The van der Waals surface area contributed by atoms with E-state index >= 15 is 0 Å². The van der Waals surface area contributed by atoms with Crippen molar-refractivity contribution >= 4 is 36.3 Å². The average Bonchev–Trinajstić information content (AvgIpc) is 2.54. The van der Waals surface area contributed by atoms with Crippen molar-refractivity contribution in [1.82, 2.24) is 16.0 Å². The van der Waals surface area contributed by atoms with Crippen molar-refractivity contribution in [3.8, 4) is 0 Å². The smallest absolute Gasteiger partial charge is 0.322 e. The maximum atomic E-state index is 12.2. The van der Waals surface area contributed by atoms with Gasteiger partial charge in [0, 0.05) is 5.75 Å². The molecule has 0 spiro atoms. The van der Waals surface area contributed by atoms with Crippen molar-refractivity contribution in [2.45, 2.75) is 38.4 Å². The van der Waals surface area contributed by atoms with E-state index in [0.29, 0.717) is 0 Å². The molecule has 3 unspecified atom stereocenters. The lowest BCUT2D eigenvalue weighted by molar-refractivity contribution is -0.138. The molecule has 144 valence electrons. The van der Waals surface area contributed by atoms with Gasteiger partial charge in [-0.25, -0.2) is 0 Å². The Bertz CT molecular complexity index is 488. The third-order valence-electron chi connectivity index (χ3n) is 3.10. The van der Waals surface area contributed by atoms with E-state index in [-0.39, 0.29) is 18.1 Å². The minimum absolute atomic E-state index is 0.0284. The fourth-order valence-corrected chi connectivity index (χ4v) is 1.98. The van der Waals surface area contributed by atoms with Crippen LogP contribution in [0.15, 0.2) is 0 Å². The van der Waals surface area contributed by atoms with Crippen LogP contribution in [0.3, 0.4) is 0 Å². The number of carboxylic acid groups (broad SMARTS) is 1. The number of carbonyl (C=O) groups is 4. The van der Waals surface area contributed by atoms with E-state index in [9.17, 15) is 24.3 Å². The quantitative estimate of drug-likeness (QED) is 0.194. The number of aliphatic carboxylic acids is 1. The lowest BCUT2D eigenvalue weighted by Crippen LogP contribution is -2.57. The molecule has 0 aliphatic rings. The second kappa shape index (κ2) is 11.7. The number of aliphatic hydroxyl groups excluding tert-OH is 1. The van der Waals surface area contributed by atoms with Gasteiger partial charge in [0.25, 0.3) is 0 Å². The summed E-state index contributed by atoms with van der Waals surface area (Å²) in [4.78, 5) is 46.5. The Balaban J connectivity index is 4.93. The first-order valence-corrected chi connectivity index (χ1v) is 8.33. The Hall–Kier alpha value is -1.85. The van der Waals surface area contributed by atoms with E-state index in [1.54, 1.807) is 0 Å². The van der Waals surface area contributed by atoms with Crippen LogP contribution in [0.25, 0.3) is 0 Å². The number of carbonyl (C=O) groups excluding carboxylic acids is 3. The molecule has 0 bridgehead atoms. The lowest BCUT2D eigenvalue weighted by Gasteiger charge is -2.23. The van der Waals surface area contributed by atoms with Crippen LogP contribution in [0.2, 0.25) is 0 Å². The van der Waals surface area contributed by atoms with Crippen LogP contribution < -0.4 is 21.7 Å². The number of thiol groups is 1. The third-order valence-corrected chi connectivity index (χ3v) is 3.50. The molecule has 11 heteroatoms. The van der Waals surface area contributed by atoms with E-state index in [1.807, 2.05) is 13.8 Å². The van der Waals surface area contributed by atoms with Gasteiger partial charge in [0.15, 0.2) is 0 Å². The molecule has 7 N–H and O–H groups in total. The maximum absolute atomic E-state index is 12.2. The first kappa shape index (κ1) is 23.1. The molecular weight excluding hydrogens is 352 g/mol. The van der Waals surface area contributed by atoms with Gasteiger partial charge >= 0.3 is 5.97 Å². The fraction of sp³-hybridized carbons (Fsp3) is 0.714. The zero-order valence-electron chi connectivity index (χ0n) is 14.2. The highest BCUT2D eigenvalue weighted by Gasteiger charge is 2.28. The van der Waals surface area contributed by atoms with Crippen LogP contribution in [0.1, 0.15) is 20.3 Å². The van der Waals surface area contributed by atoms with Crippen LogP contribution in [0.4, 0.5) is 0 Å². The number of aliphatic hydroxyl groups is 1. The molecule has 3 amide bonds. The summed E-state index contributed by atoms with van der Waals surface area (Å²) in [5.74, 6) is -3.25. The van der Waals surface area contributed by atoms with Crippen LogP contribution in [0, 0.1) is 5.92 Å². The first-order valence-electron chi connectivity index (χ1n) is 7.69. The lowest BCUT2D eigenvalue weighted by atomic mass is 10.0. The summed E-state index contributed by atoms with van der Waals surface area (Å²) in [6, 6.07) is -3.24. The van der Waals surface area contributed by atoms with E-state index in [2.05, 4.69) is 28.6 Å². The molecule has 25 heavy (non-hydrogen) atoms. The normalized spacial score (nSPS) is 14.3. The Morgan fingerprint density at radius 1 is 1.04 bits per heavy atom. The largest absolute Gasteiger partial charge is 0.480 e. The molecule has 0 saturated heterocycles. The van der Waals surface area contributed by atoms with Gasteiger partial charge < -0.3 is 31.9 Å². The Morgan fingerprint density at radius 2 is 1.60 bits per heavy atom. The molecule has 0 heterocycles. The molecule has 0 rings (SSSR count). The maximum Gasteiger partial charge on any atom is 0.322 e. The Morgan fingerprint density at radius 3 is 2.04 bits per heavy atom. The van der Waals surface area contributed by atoms with Gasteiger partial charge in [-0.3, -0.25) is 19.2 Å². The Kier molecular flexibility index (Phi) is 10.8. The van der Waals surface area contributed by atoms with Crippen molar-refractivity contribution in [3.05, 3.63) is 0 Å². The number of nitrogens with two attached hydrogens (primary N) is 1. The van der Waals surface area contributed by atoms with Crippen LogP contribution >= 0.6 is 12.6 Å². The summed E-state index contributed by atoms with van der Waals surface area (Å²) in [6.07, 6.45) is 0.249. The summed E-state index contributed by atoms with van der Waals surface area (Å²) in [5.41, 5.74) is 5.48. The predicted octanol–water partition coefficient (Wildman–Crippen LogP) is -2.55. The van der Waals surface area contributed by atoms with Gasteiger partial charge in [0.1, 0.15) is 18.6 Å². The molecular formula is C14H26N4O6S. The van der Waals surface area contributed by atoms with Crippen molar-refractivity contribution in [2.75, 3.05) is 18.9 Å². The van der Waals surface area contributed by atoms with E-state index < -0.39 is 55.0 Å². The third kappa shape index (κ3) is 9.27. The van der Waals surface area contributed by atoms with Crippen molar-refractivity contribution in [3.63, 3.8) is 0 Å². The Labute approximate surface area is 151 Å². The number of hydrogen-bond acceptors (Lipinski definition) is 7. The SMILES string of the molecule is CC(C)CC(NC(=O)C(CO)NC(=O)C(N)CS)C(=O)NCC(=O)O. The summed E-state index contributed by atoms with van der Waals surface area (Å²) in [6.45, 7) is 2.36. The highest BCUT2D eigenvalue weighted by Crippen LogP contribution is 2.05. The van der Waals surface area contributed by atoms with Gasteiger partial charge in [-0.1, -0.05) is 13.8 Å². The molecule has 0 saturated carbocycles. The van der Waals surface area contributed by atoms with E-state index in [4.69, 9.17) is 10.8 Å². The number of rotatable bonds is 11. The zero-order valence-corrected chi connectivity index (χ0v) is 15.1. The van der Waals surface area contributed by atoms with Crippen molar-refractivity contribution in [1.29, 1.82) is 0 Å². The van der Waals surface area contributed by atoms with Gasteiger partial charge in [-0.15, -0.1) is 0 Å². The molecule has 0 aliphatic carbocycles. The summed E-state index contributed by atoms with van der Waals surface area (Å²) in [5, 5.41) is 24.8. The molecule has 0 aromatic rings. The molecule has 0 aromatic carbocycles. The minimum atomic E-state index is -1.29. The number of amides is 3. The van der Waals surface area contributed by atoms with Crippen molar-refractivity contribution in [2.24, 2.45) is 11.7 Å². The second-order valence-corrected chi connectivity index (χ2v) is 6.20. The molecule has 3 atom stereocenters. The minimum Gasteiger partial charge on any atom is -0.480 e. The molecule has 0 aliphatic heterocycles. The molecule has 0 fully saturated rings. The van der Waals surface area contributed by atoms with Gasteiger partial charge in [-0.2, -0.15) is 12.6 Å². The highest BCUT2D eigenvalue weighted by atomic mass is 32.1. The topological polar surface area (TPSA) is 171 Å². The van der Waals surface area contributed by atoms with Gasteiger partial charge in [0.2, 0.25) is 17.7 Å². The fourth-order valence-electron chi connectivity index (χ4n) is 1.82. The van der Waals surface area contributed by atoms with Gasteiger partial charge in [0.05, 0.1) is 12.6 Å². The molecule has 10 nitrogen and oxygen atoms in total. The molecule has 0 radical (unpaired) electrons. The first-order chi connectivity index (χ1) is 11.6. The number of nitrogens with one attached hydrogen (secondary N) is 3. The van der Waals surface area contributed by atoms with Crippen LogP contribution in [0.5, 0.6) is 0 Å². The summed E-state index contributed by atoms with van der Waals surface area (Å²) >= 11 is 3.87. The monoisotopic (exact) mass is 378 g/mol. The van der Waals surface area contributed by atoms with E-state index in [1.165, 1.54) is 0 Å². The molecule has 0 aromatic heterocycles. The van der Waals surface area contributed by atoms with Gasteiger partial charge in [-0.05, 0) is 12.3 Å². The van der Waals surface area contributed by atoms with Crippen LogP contribution in [-0.2, 0) is 19.2 Å². The highest BCUT2D eigenvalue weighted by molar-refractivity contribution is 7.80. The second-order valence-electron chi connectivity index (χ2n) is 5.84.